The Morgan fingerprint density at radius 2 is 1.85 bits per heavy atom. The maximum absolute atomic E-state index is 14.1. The van der Waals surface area contributed by atoms with Gasteiger partial charge in [0.25, 0.3) is 0 Å². The predicted octanol–water partition coefficient (Wildman–Crippen LogP) is 4.64. The smallest absolute Gasteiger partial charge is 0.248 e. The molecule has 144 valence electrons. The summed E-state index contributed by atoms with van der Waals surface area (Å²) in [6.45, 7) is 1.69. The Labute approximate surface area is 152 Å². The molecule has 4 nitrogen and oxygen atoms in total. The fraction of sp³-hybridized carbons (Fsp3) is 0.700. The first-order valence-corrected chi connectivity index (χ1v) is 9.74. The molecule has 2 N–H and O–H groups in total. The van der Waals surface area contributed by atoms with E-state index in [-0.39, 0.29) is 30.2 Å². The van der Waals surface area contributed by atoms with Gasteiger partial charge in [0.15, 0.2) is 0 Å². The minimum absolute atomic E-state index is 0.0239. The molecule has 2 unspecified atom stereocenters. The lowest BCUT2D eigenvalue weighted by atomic mass is 9.68. The monoisotopic (exact) mass is 366 g/mol. The third kappa shape index (κ3) is 4.51. The number of halogens is 2. The Morgan fingerprint density at radius 1 is 1.15 bits per heavy atom. The molecule has 2 saturated carbocycles. The van der Waals surface area contributed by atoms with E-state index in [4.69, 9.17) is 0 Å². The SMILES string of the molecule is Cc1[nH]c(=O)ccc1NC(=O)C1CC(F)(F)CCC1C1CCCCCC1. The number of nitrogens with one attached hydrogen (secondary N) is 2. The Kier molecular flexibility index (Phi) is 5.78. The van der Waals surface area contributed by atoms with E-state index in [0.717, 1.165) is 25.7 Å². The number of hydrogen-bond acceptors (Lipinski definition) is 2. The van der Waals surface area contributed by atoms with Gasteiger partial charge in [-0.2, -0.15) is 0 Å². The fourth-order valence-corrected chi connectivity index (χ4v) is 4.68. The highest BCUT2D eigenvalue weighted by Gasteiger charge is 2.46. The molecular weight excluding hydrogens is 338 g/mol. The van der Waals surface area contributed by atoms with Crippen LogP contribution < -0.4 is 10.9 Å². The van der Waals surface area contributed by atoms with Gasteiger partial charge in [0, 0.05) is 30.5 Å². The number of carbonyl (C=O) groups excluding carboxylic acids is 1. The molecule has 2 aliphatic rings. The van der Waals surface area contributed by atoms with Gasteiger partial charge in [0.1, 0.15) is 0 Å². The number of amides is 1. The number of aromatic amines is 1. The summed E-state index contributed by atoms with van der Waals surface area (Å²) < 4.78 is 28.2. The number of carbonyl (C=O) groups is 1. The van der Waals surface area contributed by atoms with Crippen molar-refractivity contribution < 1.29 is 13.6 Å². The molecule has 1 aromatic rings. The normalized spacial score (nSPS) is 26.9. The fourth-order valence-electron chi connectivity index (χ4n) is 4.68. The molecule has 6 heteroatoms. The van der Waals surface area contributed by atoms with E-state index in [2.05, 4.69) is 10.3 Å². The molecule has 1 aromatic heterocycles. The summed E-state index contributed by atoms with van der Waals surface area (Å²) in [5.41, 5.74) is 0.781. The van der Waals surface area contributed by atoms with Crippen LogP contribution >= 0.6 is 0 Å². The molecule has 26 heavy (non-hydrogen) atoms. The zero-order valence-corrected chi connectivity index (χ0v) is 15.3. The lowest BCUT2D eigenvalue weighted by Crippen LogP contribution is -2.42. The molecule has 0 spiro atoms. The van der Waals surface area contributed by atoms with Crippen molar-refractivity contribution in [3.05, 3.63) is 28.2 Å². The molecule has 3 rings (SSSR count). The van der Waals surface area contributed by atoms with Crippen LogP contribution in [0, 0.1) is 24.7 Å². The van der Waals surface area contributed by atoms with E-state index >= 15 is 0 Å². The van der Waals surface area contributed by atoms with Crippen molar-refractivity contribution in [1.29, 1.82) is 0 Å². The van der Waals surface area contributed by atoms with Gasteiger partial charge in [-0.15, -0.1) is 0 Å². The second-order valence-corrected chi connectivity index (χ2v) is 7.97. The van der Waals surface area contributed by atoms with E-state index in [1.807, 2.05) is 0 Å². The second kappa shape index (κ2) is 7.89. The summed E-state index contributed by atoms with van der Waals surface area (Å²) in [6, 6.07) is 2.87. The highest BCUT2D eigenvalue weighted by atomic mass is 19.3. The van der Waals surface area contributed by atoms with Crippen molar-refractivity contribution in [2.24, 2.45) is 17.8 Å². The number of pyridine rings is 1. The van der Waals surface area contributed by atoms with Gasteiger partial charge in [-0.25, -0.2) is 8.78 Å². The maximum atomic E-state index is 14.1. The van der Waals surface area contributed by atoms with Crippen molar-refractivity contribution in [2.75, 3.05) is 5.32 Å². The highest BCUT2D eigenvalue weighted by Crippen LogP contribution is 2.46. The van der Waals surface area contributed by atoms with Crippen LogP contribution in [-0.2, 0) is 4.79 Å². The number of alkyl halides is 2. The number of aryl methyl sites for hydroxylation is 1. The van der Waals surface area contributed by atoms with Crippen LogP contribution in [0.5, 0.6) is 0 Å². The van der Waals surface area contributed by atoms with Crippen LogP contribution in [0.25, 0.3) is 0 Å². The highest BCUT2D eigenvalue weighted by molar-refractivity contribution is 5.93. The molecule has 1 heterocycles. The first kappa shape index (κ1) is 19.1. The Bertz CT molecular complexity index is 693. The largest absolute Gasteiger partial charge is 0.324 e. The zero-order valence-electron chi connectivity index (χ0n) is 15.3. The first-order chi connectivity index (χ1) is 12.4. The predicted molar refractivity (Wildman–Crippen MR) is 97.4 cm³/mol. The Morgan fingerprint density at radius 3 is 2.50 bits per heavy atom. The van der Waals surface area contributed by atoms with Crippen LogP contribution in [0.4, 0.5) is 14.5 Å². The van der Waals surface area contributed by atoms with Crippen molar-refractivity contribution >= 4 is 11.6 Å². The van der Waals surface area contributed by atoms with Crippen LogP contribution in [0.1, 0.15) is 63.5 Å². The topological polar surface area (TPSA) is 62.0 Å². The second-order valence-electron chi connectivity index (χ2n) is 7.97. The average Bonchev–Trinajstić information content (AvgIpc) is 2.86. The maximum Gasteiger partial charge on any atom is 0.248 e. The molecule has 0 aliphatic heterocycles. The van der Waals surface area contributed by atoms with Crippen LogP contribution in [-0.4, -0.2) is 16.8 Å². The summed E-state index contributed by atoms with van der Waals surface area (Å²) in [7, 11) is 0. The third-order valence-electron chi connectivity index (χ3n) is 6.09. The minimum atomic E-state index is -2.77. The van der Waals surface area contributed by atoms with E-state index in [1.54, 1.807) is 6.92 Å². The standard InChI is InChI=1S/C20H28F2N2O2/c1-13-17(8-9-18(25)23-13)24-19(26)16-12-20(21,22)11-10-15(16)14-6-4-2-3-5-7-14/h8-9,14-16H,2-7,10-12H2,1H3,(H,23,25)(H,24,26). The average molecular weight is 366 g/mol. The molecule has 2 aliphatic carbocycles. The molecular formula is C20H28F2N2O2. The van der Waals surface area contributed by atoms with Crippen molar-refractivity contribution in [3.8, 4) is 0 Å². The molecule has 0 radical (unpaired) electrons. The van der Waals surface area contributed by atoms with Crippen LogP contribution in [0.15, 0.2) is 16.9 Å². The van der Waals surface area contributed by atoms with E-state index < -0.39 is 11.8 Å². The molecule has 0 aromatic carbocycles. The minimum Gasteiger partial charge on any atom is -0.324 e. The quantitative estimate of drug-likeness (QED) is 0.765. The molecule has 1 amide bonds. The number of H-pyrrole nitrogens is 1. The van der Waals surface area contributed by atoms with Crippen molar-refractivity contribution in [1.82, 2.24) is 4.98 Å². The summed E-state index contributed by atoms with van der Waals surface area (Å²) in [6.07, 6.45) is 6.67. The van der Waals surface area contributed by atoms with E-state index in [1.165, 1.54) is 25.0 Å². The molecule has 0 bridgehead atoms. The van der Waals surface area contributed by atoms with Gasteiger partial charge in [-0.1, -0.05) is 38.5 Å². The lowest BCUT2D eigenvalue weighted by molar-refractivity contribution is -0.134. The number of anilines is 1. The molecule has 2 fully saturated rings. The van der Waals surface area contributed by atoms with Gasteiger partial charge < -0.3 is 10.3 Å². The van der Waals surface area contributed by atoms with E-state index in [9.17, 15) is 18.4 Å². The van der Waals surface area contributed by atoms with Gasteiger partial charge in [0.2, 0.25) is 17.4 Å². The van der Waals surface area contributed by atoms with Gasteiger partial charge in [-0.05, 0) is 31.2 Å². The Hall–Kier alpha value is -1.72. The lowest BCUT2D eigenvalue weighted by Gasteiger charge is -2.39. The number of hydrogen-bond donors (Lipinski definition) is 2. The van der Waals surface area contributed by atoms with Gasteiger partial charge in [-0.3, -0.25) is 9.59 Å². The summed E-state index contributed by atoms with van der Waals surface area (Å²) >= 11 is 0. The van der Waals surface area contributed by atoms with Gasteiger partial charge in [0.05, 0.1) is 5.69 Å². The van der Waals surface area contributed by atoms with Crippen LogP contribution in [0.2, 0.25) is 0 Å². The summed E-state index contributed by atoms with van der Waals surface area (Å²) in [4.78, 5) is 26.9. The van der Waals surface area contributed by atoms with Gasteiger partial charge >= 0.3 is 0 Å². The third-order valence-corrected chi connectivity index (χ3v) is 6.09. The zero-order chi connectivity index (χ0) is 18.7. The molecule has 0 saturated heterocycles. The number of aromatic nitrogens is 1. The van der Waals surface area contributed by atoms with E-state index in [0.29, 0.717) is 23.7 Å². The summed E-state index contributed by atoms with van der Waals surface area (Å²) in [5.74, 6) is -3.40. The Balaban J connectivity index is 1.79. The summed E-state index contributed by atoms with van der Waals surface area (Å²) in [5, 5.41) is 2.79. The van der Waals surface area contributed by atoms with Crippen molar-refractivity contribution in [3.63, 3.8) is 0 Å². The molecule has 2 atom stereocenters. The first-order valence-electron chi connectivity index (χ1n) is 9.74. The van der Waals surface area contributed by atoms with Crippen molar-refractivity contribution in [2.45, 2.75) is 70.6 Å². The number of rotatable bonds is 3. The van der Waals surface area contributed by atoms with Crippen LogP contribution in [0.3, 0.4) is 0 Å².